The summed E-state index contributed by atoms with van der Waals surface area (Å²) in [6, 6.07) is 5.76. The Labute approximate surface area is 157 Å². The first-order valence-corrected chi connectivity index (χ1v) is 8.77. The minimum atomic E-state index is -2.40. The smallest absolute Gasteiger partial charge is 0.343 e. The Morgan fingerprint density at radius 3 is 2.59 bits per heavy atom. The van der Waals surface area contributed by atoms with Gasteiger partial charge in [0.2, 0.25) is 0 Å². The number of hydrogen-bond acceptors (Lipinski definition) is 6. The van der Waals surface area contributed by atoms with Crippen molar-refractivity contribution >= 4 is 23.8 Å². The van der Waals surface area contributed by atoms with Crippen LogP contribution in [0.2, 0.25) is 0 Å². The number of ether oxygens (including phenoxy) is 2. The first-order chi connectivity index (χ1) is 12.7. The number of hydrogen-bond donors (Lipinski definition) is 1. The third-order valence-corrected chi connectivity index (χ3v) is 4.33. The molecule has 1 aromatic carbocycles. The minimum Gasteiger partial charge on any atom is -0.466 e. The maximum absolute atomic E-state index is 13.9. The lowest BCUT2D eigenvalue weighted by Gasteiger charge is -2.41. The van der Waals surface area contributed by atoms with Gasteiger partial charge in [-0.3, -0.25) is 9.59 Å². The number of carbonyl (C=O) groups is 3. The Bertz CT molecular complexity index is 757. The standard InChI is InChI=1S/C20H23FO6/c1-4-26-18(23)14-11-16(22)17(14)20(25,19(24)27-12(2)3)10-9-13-7-5-6-8-15(13)21/h5-10,12,14,17,25H,4,11H2,1-3H3/b10-9+/t14-,17+,20+/m0/s1. The lowest BCUT2D eigenvalue weighted by Crippen LogP contribution is -2.59. The van der Waals surface area contributed by atoms with Crippen LogP contribution in [0.15, 0.2) is 30.3 Å². The fraction of sp³-hybridized carbons (Fsp3) is 0.450. The molecule has 2 rings (SSSR count). The van der Waals surface area contributed by atoms with Crippen LogP contribution in [-0.2, 0) is 23.9 Å². The Morgan fingerprint density at radius 1 is 1.37 bits per heavy atom. The molecule has 27 heavy (non-hydrogen) atoms. The van der Waals surface area contributed by atoms with E-state index < -0.39 is 47.1 Å². The third kappa shape index (κ3) is 4.42. The average Bonchev–Trinajstić information content (AvgIpc) is 2.58. The first-order valence-electron chi connectivity index (χ1n) is 8.77. The van der Waals surface area contributed by atoms with Crippen LogP contribution in [-0.4, -0.2) is 41.1 Å². The number of carbonyl (C=O) groups excluding carboxylic acids is 3. The fourth-order valence-electron chi connectivity index (χ4n) is 2.98. The Morgan fingerprint density at radius 2 is 2.04 bits per heavy atom. The summed E-state index contributed by atoms with van der Waals surface area (Å²) in [6.45, 7) is 4.90. The van der Waals surface area contributed by atoms with Gasteiger partial charge in [-0.05, 0) is 32.9 Å². The van der Waals surface area contributed by atoms with Crippen molar-refractivity contribution < 1.29 is 33.4 Å². The number of Topliss-reactive ketones (excluding diaryl/α,β-unsaturated/α-hetero) is 1. The van der Waals surface area contributed by atoms with Crippen LogP contribution in [0.4, 0.5) is 4.39 Å². The van der Waals surface area contributed by atoms with Crippen molar-refractivity contribution in [1.29, 1.82) is 0 Å². The highest BCUT2D eigenvalue weighted by molar-refractivity contribution is 6.02. The number of benzene rings is 1. The van der Waals surface area contributed by atoms with Gasteiger partial charge in [0, 0.05) is 12.0 Å². The third-order valence-electron chi connectivity index (χ3n) is 4.33. The van der Waals surface area contributed by atoms with Crippen LogP contribution in [0.3, 0.4) is 0 Å². The first kappa shape index (κ1) is 20.8. The van der Waals surface area contributed by atoms with Crippen molar-refractivity contribution in [2.45, 2.75) is 38.9 Å². The van der Waals surface area contributed by atoms with Crippen molar-refractivity contribution in [3.05, 3.63) is 41.7 Å². The van der Waals surface area contributed by atoms with Gasteiger partial charge >= 0.3 is 11.9 Å². The largest absolute Gasteiger partial charge is 0.466 e. The molecule has 0 aliphatic heterocycles. The monoisotopic (exact) mass is 378 g/mol. The SMILES string of the molecule is CCOC(=O)[C@H]1CC(=O)[C@@H]1[C@](O)(/C=C/c1ccccc1F)C(=O)OC(C)C. The van der Waals surface area contributed by atoms with E-state index >= 15 is 0 Å². The molecule has 0 aromatic heterocycles. The van der Waals surface area contributed by atoms with Crippen molar-refractivity contribution in [2.75, 3.05) is 6.61 Å². The lowest BCUT2D eigenvalue weighted by molar-refractivity contribution is -0.185. The van der Waals surface area contributed by atoms with Crippen molar-refractivity contribution in [1.82, 2.24) is 0 Å². The normalized spacial score (nSPS) is 21.6. The van der Waals surface area contributed by atoms with Crippen molar-refractivity contribution in [2.24, 2.45) is 11.8 Å². The van der Waals surface area contributed by atoms with E-state index in [9.17, 15) is 23.9 Å². The summed E-state index contributed by atoms with van der Waals surface area (Å²) in [6.07, 6.45) is 1.53. The van der Waals surface area contributed by atoms with E-state index in [2.05, 4.69) is 0 Å². The van der Waals surface area contributed by atoms with Crippen LogP contribution in [0.1, 0.15) is 32.8 Å². The van der Waals surface area contributed by atoms with Crippen LogP contribution in [0, 0.1) is 17.7 Å². The van der Waals surface area contributed by atoms with Crippen LogP contribution < -0.4 is 0 Å². The molecule has 1 fully saturated rings. The summed E-state index contributed by atoms with van der Waals surface area (Å²) >= 11 is 0. The molecule has 0 heterocycles. The molecule has 1 aliphatic rings. The van der Waals surface area contributed by atoms with E-state index in [1.165, 1.54) is 24.3 Å². The second-order valence-electron chi connectivity index (χ2n) is 6.64. The Kier molecular flexibility index (Phi) is 6.49. The molecule has 0 amide bonds. The summed E-state index contributed by atoms with van der Waals surface area (Å²) in [5.41, 5.74) is -2.29. The maximum Gasteiger partial charge on any atom is 0.343 e. The van der Waals surface area contributed by atoms with Gasteiger partial charge < -0.3 is 14.6 Å². The molecule has 6 nitrogen and oxygen atoms in total. The molecular formula is C20H23FO6. The summed E-state index contributed by atoms with van der Waals surface area (Å²) in [4.78, 5) is 36.8. The number of halogens is 1. The molecule has 1 N–H and O–H groups in total. The summed E-state index contributed by atoms with van der Waals surface area (Å²) in [5.74, 6) is -5.07. The van der Waals surface area contributed by atoms with E-state index in [4.69, 9.17) is 9.47 Å². The zero-order chi connectivity index (χ0) is 20.2. The summed E-state index contributed by atoms with van der Waals surface area (Å²) < 4.78 is 23.9. The highest BCUT2D eigenvalue weighted by atomic mass is 19.1. The van der Waals surface area contributed by atoms with E-state index in [-0.39, 0.29) is 18.6 Å². The second-order valence-corrected chi connectivity index (χ2v) is 6.64. The molecule has 1 aromatic rings. The summed E-state index contributed by atoms with van der Waals surface area (Å²) in [7, 11) is 0. The molecule has 0 radical (unpaired) electrons. The zero-order valence-electron chi connectivity index (χ0n) is 15.5. The van der Waals surface area contributed by atoms with Gasteiger partial charge in [0.25, 0.3) is 0 Å². The molecule has 146 valence electrons. The number of ketones is 1. The van der Waals surface area contributed by atoms with Crippen molar-refractivity contribution in [3.8, 4) is 0 Å². The van der Waals surface area contributed by atoms with E-state index in [1.54, 1.807) is 26.8 Å². The van der Waals surface area contributed by atoms with Gasteiger partial charge in [-0.1, -0.05) is 24.3 Å². The molecule has 0 unspecified atom stereocenters. The van der Waals surface area contributed by atoms with Crippen molar-refractivity contribution in [3.63, 3.8) is 0 Å². The number of esters is 2. The average molecular weight is 378 g/mol. The van der Waals surface area contributed by atoms with Gasteiger partial charge in [0.05, 0.1) is 24.5 Å². The fourth-order valence-corrected chi connectivity index (χ4v) is 2.98. The number of rotatable bonds is 7. The second kappa shape index (κ2) is 8.43. The molecule has 7 heteroatoms. The van der Waals surface area contributed by atoms with Gasteiger partial charge in [-0.15, -0.1) is 0 Å². The highest BCUT2D eigenvalue weighted by Gasteiger charge is 2.59. The lowest BCUT2D eigenvalue weighted by atomic mass is 9.63. The molecule has 0 bridgehead atoms. The molecule has 1 saturated carbocycles. The Hall–Kier alpha value is -2.54. The molecular weight excluding hydrogens is 355 g/mol. The molecule has 0 saturated heterocycles. The highest BCUT2D eigenvalue weighted by Crippen LogP contribution is 2.41. The molecule has 0 spiro atoms. The minimum absolute atomic E-state index is 0.107. The molecule has 1 aliphatic carbocycles. The van der Waals surface area contributed by atoms with E-state index in [1.807, 2.05) is 0 Å². The predicted molar refractivity (Wildman–Crippen MR) is 94.8 cm³/mol. The Balaban J connectivity index is 2.40. The quantitative estimate of drug-likeness (QED) is 0.732. The number of aliphatic hydroxyl groups is 1. The predicted octanol–water partition coefficient (Wildman–Crippen LogP) is 2.29. The molecule has 3 atom stereocenters. The van der Waals surface area contributed by atoms with Crippen LogP contribution in [0.25, 0.3) is 6.08 Å². The van der Waals surface area contributed by atoms with Crippen LogP contribution in [0.5, 0.6) is 0 Å². The van der Waals surface area contributed by atoms with Gasteiger partial charge in [0.1, 0.15) is 11.6 Å². The summed E-state index contributed by atoms with van der Waals surface area (Å²) in [5, 5.41) is 11.0. The van der Waals surface area contributed by atoms with Crippen LogP contribution >= 0.6 is 0 Å². The van der Waals surface area contributed by atoms with Gasteiger partial charge in [-0.25, -0.2) is 9.18 Å². The zero-order valence-corrected chi connectivity index (χ0v) is 15.5. The maximum atomic E-state index is 13.9. The topological polar surface area (TPSA) is 89.9 Å². The van der Waals surface area contributed by atoms with E-state index in [0.717, 1.165) is 6.08 Å². The van der Waals surface area contributed by atoms with Gasteiger partial charge in [-0.2, -0.15) is 0 Å². The van der Waals surface area contributed by atoms with Gasteiger partial charge in [0.15, 0.2) is 5.60 Å². The van der Waals surface area contributed by atoms with E-state index in [0.29, 0.717) is 0 Å².